The molecule has 2 atom stereocenters. The molecule has 2 aliphatic rings. The molecule has 0 saturated carbocycles. The first-order valence-corrected chi connectivity index (χ1v) is 13.4. The monoisotopic (exact) mass is 579 g/mol. The molecule has 0 aliphatic carbocycles. The minimum atomic E-state index is -0.526. The molecule has 0 spiro atoms. The Labute approximate surface area is 228 Å². The Morgan fingerprint density at radius 3 is 2.18 bits per heavy atom. The molecule has 0 aromatic heterocycles. The summed E-state index contributed by atoms with van der Waals surface area (Å²) in [5, 5.41) is 11.6. The van der Waals surface area contributed by atoms with Gasteiger partial charge in [0, 0.05) is 31.7 Å². The van der Waals surface area contributed by atoms with Crippen molar-refractivity contribution in [1.29, 1.82) is 0 Å². The topological polar surface area (TPSA) is 83.8 Å². The van der Waals surface area contributed by atoms with Gasteiger partial charge in [-0.15, -0.1) is 0 Å². The van der Waals surface area contributed by atoms with E-state index in [1.165, 1.54) is 18.2 Å². The largest absolute Gasteiger partial charge is 0.339 e. The van der Waals surface area contributed by atoms with Crippen molar-refractivity contribution in [1.82, 2.24) is 9.80 Å². The summed E-state index contributed by atoms with van der Waals surface area (Å²) < 4.78 is 13.9. The maximum atomic E-state index is 13.6. The fourth-order valence-corrected chi connectivity index (χ4v) is 6.15. The number of fused-ring (bicyclic) bond motifs is 1. The maximum Gasteiger partial charge on any atom is 0.296 e. The number of benzene rings is 3. The number of likely N-dealkylation sites (tertiary alicyclic amines) is 2. The second kappa shape index (κ2) is 11.0. The molecular formula is C29H27BrFN3O4. The zero-order valence-electron chi connectivity index (χ0n) is 20.7. The van der Waals surface area contributed by atoms with E-state index in [1.54, 1.807) is 23.1 Å². The van der Waals surface area contributed by atoms with E-state index >= 15 is 0 Å². The highest BCUT2D eigenvalue weighted by molar-refractivity contribution is 9.10. The van der Waals surface area contributed by atoms with Crippen LogP contribution in [0.3, 0.4) is 0 Å². The van der Waals surface area contributed by atoms with E-state index in [0.29, 0.717) is 38.2 Å². The van der Waals surface area contributed by atoms with E-state index in [0.717, 1.165) is 24.0 Å². The molecule has 2 aliphatic heterocycles. The summed E-state index contributed by atoms with van der Waals surface area (Å²) in [5.74, 6) is -0.151. The van der Waals surface area contributed by atoms with Gasteiger partial charge in [0.05, 0.1) is 9.40 Å². The number of nitrogens with zero attached hydrogens (tertiary/aromatic N) is 3. The van der Waals surface area contributed by atoms with Crippen molar-refractivity contribution >= 4 is 33.4 Å². The number of hydrogen-bond donors (Lipinski definition) is 0. The summed E-state index contributed by atoms with van der Waals surface area (Å²) >= 11 is 3.19. The number of carbonyl (C=O) groups is 2. The molecule has 38 heavy (non-hydrogen) atoms. The summed E-state index contributed by atoms with van der Waals surface area (Å²) in [7, 11) is 0. The zero-order chi connectivity index (χ0) is 26.8. The standard InChI is InChI=1S/C29H27BrFN3O4/c30-26-9-3-8-25(27(26)34(37)38)29(36)33-17-22-10-12-32(13-11-23(22)18-33)28(35)21-6-1-4-19(15-21)14-20-5-2-7-24(31)16-20/h1-9,15-16,22-23H,10-14,17-18H2/t22-,23+. The molecule has 2 fully saturated rings. The van der Waals surface area contributed by atoms with Crippen LogP contribution in [0.25, 0.3) is 0 Å². The van der Waals surface area contributed by atoms with Gasteiger partial charge in [0.1, 0.15) is 11.4 Å². The minimum absolute atomic E-state index is 0.0243. The van der Waals surface area contributed by atoms with Gasteiger partial charge in [-0.1, -0.05) is 30.3 Å². The SMILES string of the molecule is O=C(c1cccc(Cc2cccc(F)c2)c1)N1CC[C@@H]2CN(C(=O)c3cccc(Br)c3[N+](=O)[O-])C[C@@H]2CC1. The van der Waals surface area contributed by atoms with Crippen molar-refractivity contribution in [2.45, 2.75) is 19.3 Å². The highest BCUT2D eigenvalue weighted by Gasteiger charge is 2.39. The predicted octanol–water partition coefficient (Wildman–Crippen LogP) is 5.71. The summed E-state index contributed by atoms with van der Waals surface area (Å²) in [6, 6.07) is 18.7. The average Bonchev–Trinajstić information content (AvgIpc) is 3.20. The van der Waals surface area contributed by atoms with E-state index < -0.39 is 4.92 Å². The van der Waals surface area contributed by atoms with Crippen molar-refractivity contribution < 1.29 is 18.9 Å². The van der Waals surface area contributed by atoms with Crippen LogP contribution < -0.4 is 0 Å². The number of hydrogen-bond acceptors (Lipinski definition) is 4. The van der Waals surface area contributed by atoms with Crippen LogP contribution >= 0.6 is 15.9 Å². The second-order valence-electron chi connectivity index (χ2n) is 10.0. The molecule has 9 heteroatoms. The number of halogens is 2. The number of rotatable bonds is 5. The Kier molecular flexibility index (Phi) is 7.56. The number of para-hydroxylation sites is 1. The van der Waals surface area contributed by atoms with Crippen LogP contribution in [0.1, 0.15) is 44.7 Å². The van der Waals surface area contributed by atoms with Crippen LogP contribution in [0.2, 0.25) is 0 Å². The Bertz CT molecular complexity index is 1380. The van der Waals surface area contributed by atoms with Crippen LogP contribution in [-0.4, -0.2) is 52.7 Å². The summed E-state index contributed by atoms with van der Waals surface area (Å²) in [5.41, 5.74) is 2.30. The van der Waals surface area contributed by atoms with Gasteiger partial charge in [-0.2, -0.15) is 0 Å². The van der Waals surface area contributed by atoms with Crippen LogP contribution in [0.4, 0.5) is 10.1 Å². The lowest BCUT2D eigenvalue weighted by Gasteiger charge is -2.23. The summed E-state index contributed by atoms with van der Waals surface area (Å²) in [4.78, 5) is 41.2. The molecule has 0 bridgehead atoms. The van der Waals surface area contributed by atoms with Crippen LogP contribution in [0.5, 0.6) is 0 Å². The molecule has 3 aromatic carbocycles. The highest BCUT2D eigenvalue weighted by atomic mass is 79.9. The number of nitro groups is 1. The third kappa shape index (κ3) is 5.48. The molecule has 2 saturated heterocycles. The van der Waals surface area contributed by atoms with Gasteiger partial charge in [-0.05, 0) is 94.6 Å². The predicted molar refractivity (Wildman–Crippen MR) is 144 cm³/mol. The quantitative estimate of drug-likeness (QED) is 0.286. The zero-order valence-corrected chi connectivity index (χ0v) is 22.3. The Morgan fingerprint density at radius 1 is 0.895 bits per heavy atom. The molecular weight excluding hydrogens is 553 g/mol. The van der Waals surface area contributed by atoms with Crippen molar-refractivity contribution in [3.8, 4) is 0 Å². The molecule has 5 rings (SSSR count). The molecule has 0 radical (unpaired) electrons. The molecule has 196 valence electrons. The van der Waals surface area contributed by atoms with Crippen molar-refractivity contribution in [2.24, 2.45) is 11.8 Å². The van der Waals surface area contributed by atoms with Gasteiger partial charge in [-0.25, -0.2) is 4.39 Å². The second-order valence-corrected chi connectivity index (χ2v) is 10.9. The third-order valence-electron chi connectivity index (χ3n) is 7.56. The van der Waals surface area contributed by atoms with E-state index in [9.17, 15) is 24.1 Å². The molecule has 2 heterocycles. The van der Waals surface area contributed by atoms with Crippen molar-refractivity contribution in [3.63, 3.8) is 0 Å². The lowest BCUT2D eigenvalue weighted by atomic mass is 9.92. The van der Waals surface area contributed by atoms with Crippen molar-refractivity contribution in [2.75, 3.05) is 26.2 Å². The smallest absolute Gasteiger partial charge is 0.296 e. The first kappa shape index (κ1) is 26.0. The summed E-state index contributed by atoms with van der Waals surface area (Å²) in [6.45, 7) is 2.23. The molecule has 3 aromatic rings. The lowest BCUT2D eigenvalue weighted by Crippen LogP contribution is -2.34. The Balaban J connectivity index is 1.23. The number of amides is 2. The molecule has 0 unspecified atom stereocenters. The number of nitro benzene ring substituents is 1. The normalized spacial score (nSPS) is 19.1. The van der Waals surface area contributed by atoms with Gasteiger partial charge in [0.15, 0.2) is 0 Å². The highest BCUT2D eigenvalue weighted by Crippen LogP contribution is 2.35. The molecule has 7 nitrogen and oxygen atoms in total. The molecule has 2 amide bonds. The van der Waals surface area contributed by atoms with Gasteiger partial charge >= 0.3 is 0 Å². The lowest BCUT2D eigenvalue weighted by molar-refractivity contribution is -0.386. The number of carbonyl (C=O) groups excluding carboxylic acids is 2. The van der Waals surface area contributed by atoms with Gasteiger partial charge in [-0.3, -0.25) is 19.7 Å². The van der Waals surface area contributed by atoms with Gasteiger partial charge < -0.3 is 9.80 Å². The fourth-order valence-electron chi connectivity index (χ4n) is 5.64. The fraction of sp³-hybridized carbons (Fsp3) is 0.310. The van der Waals surface area contributed by atoms with Gasteiger partial charge in [0.25, 0.3) is 17.5 Å². The van der Waals surface area contributed by atoms with Gasteiger partial charge in [0.2, 0.25) is 0 Å². The molecule has 0 N–H and O–H groups in total. The first-order valence-electron chi connectivity index (χ1n) is 12.6. The first-order chi connectivity index (χ1) is 18.3. The van der Waals surface area contributed by atoms with E-state index in [1.807, 2.05) is 35.2 Å². The van der Waals surface area contributed by atoms with E-state index in [4.69, 9.17) is 0 Å². The Morgan fingerprint density at radius 2 is 1.53 bits per heavy atom. The minimum Gasteiger partial charge on any atom is -0.339 e. The third-order valence-corrected chi connectivity index (χ3v) is 8.20. The van der Waals surface area contributed by atoms with Crippen LogP contribution in [0.15, 0.2) is 71.2 Å². The van der Waals surface area contributed by atoms with E-state index in [2.05, 4.69) is 15.9 Å². The van der Waals surface area contributed by atoms with Crippen LogP contribution in [0, 0.1) is 27.8 Å². The average molecular weight is 580 g/mol. The van der Waals surface area contributed by atoms with Crippen LogP contribution in [-0.2, 0) is 6.42 Å². The summed E-state index contributed by atoms with van der Waals surface area (Å²) in [6.07, 6.45) is 2.08. The Hall–Kier alpha value is -3.59. The van der Waals surface area contributed by atoms with Crippen molar-refractivity contribution in [3.05, 3.63) is 109 Å². The van der Waals surface area contributed by atoms with E-state index in [-0.39, 0.29) is 45.2 Å². The maximum absolute atomic E-state index is 13.6.